The van der Waals surface area contributed by atoms with E-state index in [1.807, 2.05) is 36.1 Å². The van der Waals surface area contributed by atoms with Crippen molar-refractivity contribution in [2.45, 2.75) is 51.5 Å². The molecule has 1 heterocycles. The molecule has 2 aliphatic rings. The fourth-order valence-electron chi connectivity index (χ4n) is 3.80. The van der Waals surface area contributed by atoms with E-state index < -0.39 is 0 Å². The molecule has 5 nitrogen and oxygen atoms in total. The van der Waals surface area contributed by atoms with E-state index in [0.717, 1.165) is 44.3 Å². The Morgan fingerprint density at radius 2 is 1.88 bits per heavy atom. The van der Waals surface area contributed by atoms with E-state index >= 15 is 0 Å². The van der Waals surface area contributed by atoms with Gasteiger partial charge in [-0.25, -0.2) is 0 Å². The van der Waals surface area contributed by atoms with Crippen molar-refractivity contribution in [3.8, 4) is 5.75 Å². The van der Waals surface area contributed by atoms with E-state index in [9.17, 15) is 9.59 Å². The summed E-state index contributed by atoms with van der Waals surface area (Å²) in [5.74, 6) is 1.19. The van der Waals surface area contributed by atoms with Gasteiger partial charge in [-0.3, -0.25) is 9.59 Å². The van der Waals surface area contributed by atoms with Gasteiger partial charge in [-0.05, 0) is 50.3 Å². The fraction of sp³-hybridized carbons (Fsp3) is 0.600. The smallest absolute Gasteiger partial charge is 0.258 e. The van der Waals surface area contributed by atoms with Crippen molar-refractivity contribution >= 4 is 11.8 Å². The number of aryl methyl sites for hydroxylation is 1. The molecule has 0 unspecified atom stereocenters. The normalized spacial score (nSPS) is 19.0. The number of likely N-dealkylation sites (tertiary alicyclic amines) is 1. The average molecular weight is 344 g/mol. The highest BCUT2D eigenvalue weighted by atomic mass is 16.5. The molecule has 0 aromatic heterocycles. The number of nitrogens with zero attached hydrogens (tertiary/aromatic N) is 1. The number of piperidine rings is 1. The molecule has 1 aromatic carbocycles. The van der Waals surface area contributed by atoms with Crippen molar-refractivity contribution in [1.29, 1.82) is 0 Å². The minimum atomic E-state index is -0.0953. The molecule has 3 rings (SSSR count). The molecule has 0 atom stereocenters. The molecular formula is C20H28N2O3. The van der Waals surface area contributed by atoms with Crippen LogP contribution in [-0.4, -0.2) is 42.5 Å². The fourth-order valence-corrected chi connectivity index (χ4v) is 3.80. The van der Waals surface area contributed by atoms with Crippen LogP contribution in [0.1, 0.15) is 44.1 Å². The first kappa shape index (κ1) is 17.8. The highest BCUT2D eigenvalue weighted by Crippen LogP contribution is 2.27. The van der Waals surface area contributed by atoms with Crippen molar-refractivity contribution in [3.05, 3.63) is 29.8 Å². The number of rotatable bonds is 5. The van der Waals surface area contributed by atoms with Crippen LogP contribution in [0.5, 0.6) is 5.75 Å². The van der Waals surface area contributed by atoms with Crippen molar-refractivity contribution in [3.63, 3.8) is 0 Å². The zero-order valence-electron chi connectivity index (χ0n) is 15.0. The molecular weight excluding hydrogens is 316 g/mol. The second-order valence-corrected chi connectivity index (χ2v) is 7.25. The average Bonchev–Trinajstić information content (AvgIpc) is 3.15. The first-order valence-electron chi connectivity index (χ1n) is 9.39. The lowest BCUT2D eigenvalue weighted by Gasteiger charge is -2.33. The van der Waals surface area contributed by atoms with Gasteiger partial charge in [0, 0.05) is 25.0 Å². The van der Waals surface area contributed by atoms with Crippen molar-refractivity contribution in [2.24, 2.45) is 5.92 Å². The molecule has 1 aromatic rings. The Morgan fingerprint density at radius 1 is 1.16 bits per heavy atom. The minimum Gasteiger partial charge on any atom is -0.484 e. The Balaban J connectivity index is 1.38. The summed E-state index contributed by atoms with van der Waals surface area (Å²) in [6.07, 6.45) is 6.12. The molecule has 1 aliphatic carbocycles. The maximum absolute atomic E-state index is 12.4. The van der Waals surface area contributed by atoms with Crippen molar-refractivity contribution in [1.82, 2.24) is 10.2 Å². The van der Waals surface area contributed by atoms with Gasteiger partial charge in [0.05, 0.1) is 0 Å². The second kappa shape index (κ2) is 8.37. The number of hydrogen-bond acceptors (Lipinski definition) is 3. The zero-order valence-corrected chi connectivity index (χ0v) is 15.0. The summed E-state index contributed by atoms with van der Waals surface area (Å²) in [7, 11) is 0. The predicted octanol–water partition coefficient (Wildman–Crippen LogP) is 2.67. The van der Waals surface area contributed by atoms with Gasteiger partial charge in [0.25, 0.3) is 5.91 Å². The topological polar surface area (TPSA) is 58.6 Å². The van der Waals surface area contributed by atoms with E-state index in [1.54, 1.807) is 0 Å². The van der Waals surface area contributed by atoms with Crippen LogP contribution in [0.3, 0.4) is 0 Å². The Labute approximate surface area is 149 Å². The molecule has 5 heteroatoms. The van der Waals surface area contributed by atoms with Crippen LogP contribution in [0, 0.1) is 12.8 Å². The maximum Gasteiger partial charge on any atom is 0.258 e. The van der Waals surface area contributed by atoms with Gasteiger partial charge in [0.2, 0.25) is 5.91 Å². The second-order valence-electron chi connectivity index (χ2n) is 7.25. The van der Waals surface area contributed by atoms with Gasteiger partial charge >= 0.3 is 0 Å². The Morgan fingerprint density at radius 3 is 2.56 bits per heavy atom. The van der Waals surface area contributed by atoms with Gasteiger partial charge in [0.15, 0.2) is 6.61 Å². The van der Waals surface area contributed by atoms with Crippen LogP contribution in [-0.2, 0) is 9.59 Å². The molecule has 136 valence electrons. The number of hydrogen-bond donors (Lipinski definition) is 1. The Hall–Kier alpha value is -2.04. The molecule has 1 saturated heterocycles. The molecule has 0 bridgehead atoms. The Kier molecular flexibility index (Phi) is 5.95. The predicted molar refractivity (Wildman–Crippen MR) is 96.4 cm³/mol. The molecule has 1 saturated carbocycles. The lowest BCUT2D eigenvalue weighted by Crippen LogP contribution is -2.48. The van der Waals surface area contributed by atoms with Crippen LogP contribution in [0.15, 0.2) is 24.3 Å². The molecule has 1 N–H and O–H groups in total. The first-order chi connectivity index (χ1) is 12.1. The highest BCUT2D eigenvalue weighted by Gasteiger charge is 2.30. The summed E-state index contributed by atoms with van der Waals surface area (Å²) < 4.78 is 5.54. The van der Waals surface area contributed by atoms with Crippen LogP contribution >= 0.6 is 0 Å². The third kappa shape index (κ3) is 4.97. The molecule has 2 amide bonds. The summed E-state index contributed by atoms with van der Waals surface area (Å²) in [6.45, 7) is 3.52. The first-order valence-corrected chi connectivity index (χ1v) is 9.39. The molecule has 0 radical (unpaired) electrons. The SMILES string of the molecule is Cc1cccc(OCC(=O)NC2CCN(C(=O)C3CCCC3)CC2)c1. The van der Waals surface area contributed by atoms with Crippen molar-refractivity contribution < 1.29 is 14.3 Å². The third-order valence-electron chi connectivity index (χ3n) is 5.24. The number of carbonyl (C=O) groups is 2. The van der Waals surface area contributed by atoms with E-state index in [4.69, 9.17) is 4.74 Å². The standard InChI is InChI=1S/C20H28N2O3/c1-15-5-4-8-18(13-15)25-14-19(23)21-17-9-11-22(12-10-17)20(24)16-6-2-3-7-16/h4-5,8,13,16-17H,2-3,6-7,9-12,14H2,1H3,(H,21,23). The van der Waals surface area contributed by atoms with E-state index in [2.05, 4.69) is 5.32 Å². The summed E-state index contributed by atoms with van der Waals surface area (Å²) in [5.41, 5.74) is 1.11. The summed E-state index contributed by atoms with van der Waals surface area (Å²) in [4.78, 5) is 26.5. The quantitative estimate of drug-likeness (QED) is 0.893. The van der Waals surface area contributed by atoms with Gasteiger partial charge in [-0.15, -0.1) is 0 Å². The Bertz CT molecular complexity index is 603. The maximum atomic E-state index is 12.4. The monoisotopic (exact) mass is 344 g/mol. The molecule has 2 fully saturated rings. The minimum absolute atomic E-state index is 0.0324. The van der Waals surface area contributed by atoms with E-state index in [1.165, 1.54) is 12.8 Å². The highest BCUT2D eigenvalue weighted by molar-refractivity contribution is 5.79. The number of carbonyl (C=O) groups excluding carboxylic acids is 2. The lowest BCUT2D eigenvalue weighted by atomic mass is 10.0. The lowest BCUT2D eigenvalue weighted by molar-refractivity contribution is -0.136. The van der Waals surface area contributed by atoms with Crippen LogP contribution < -0.4 is 10.1 Å². The van der Waals surface area contributed by atoms with E-state index in [0.29, 0.717) is 11.7 Å². The summed E-state index contributed by atoms with van der Waals surface area (Å²) in [6, 6.07) is 7.82. The van der Waals surface area contributed by atoms with E-state index in [-0.39, 0.29) is 24.5 Å². The van der Waals surface area contributed by atoms with Crippen molar-refractivity contribution in [2.75, 3.05) is 19.7 Å². The number of amides is 2. The molecule has 0 spiro atoms. The van der Waals surface area contributed by atoms with Crippen LogP contribution in [0.2, 0.25) is 0 Å². The summed E-state index contributed by atoms with van der Waals surface area (Å²) in [5, 5.41) is 3.03. The van der Waals surface area contributed by atoms with Gasteiger partial charge in [-0.2, -0.15) is 0 Å². The largest absolute Gasteiger partial charge is 0.484 e. The van der Waals surface area contributed by atoms with Gasteiger partial charge < -0.3 is 15.0 Å². The summed E-state index contributed by atoms with van der Waals surface area (Å²) >= 11 is 0. The molecule has 25 heavy (non-hydrogen) atoms. The molecule has 1 aliphatic heterocycles. The van der Waals surface area contributed by atoms with Gasteiger partial charge in [-0.1, -0.05) is 25.0 Å². The number of nitrogens with one attached hydrogen (secondary N) is 1. The van der Waals surface area contributed by atoms with Gasteiger partial charge in [0.1, 0.15) is 5.75 Å². The zero-order chi connectivity index (χ0) is 17.6. The number of ether oxygens (including phenoxy) is 1. The number of benzene rings is 1. The van der Waals surface area contributed by atoms with Crippen LogP contribution in [0.4, 0.5) is 0 Å². The van der Waals surface area contributed by atoms with Crippen LogP contribution in [0.25, 0.3) is 0 Å². The third-order valence-corrected chi connectivity index (χ3v) is 5.24.